The van der Waals surface area contributed by atoms with E-state index in [1.807, 2.05) is 22.4 Å². The predicted molar refractivity (Wildman–Crippen MR) is 133 cm³/mol. The molecule has 1 atom stereocenters. The second kappa shape index (κ2) is 11.3. The van der Waals surface area contributed by atoms with Gasteiger partial charge in [0.05, 0.1) is 26.8 Å². The number of nitrogens with zero attached hydrogens (tertiary/aromatic N) is 2. The van der Waals surface area contributed by atoms with Gasteiger partial charge in [-0.1, -0.05) is 18.2 Å². The second-order valence-electron chi connectivity index (χ2n) is 8.24. The molecule has 1 aliphatic rings. The third-order valence-corrected chi connectivity index (χ3v) is 6.90. The van der Waals surface area contributed by atoms with Crippen molar-refractivity contribution < 1.29 is 23.5 Å². The van der Waals surface area contributed by atoms with Gasteiger partial charge in [0.2, 0.25) is 5.91 Å². The fourth-order valence-corrected chi connectivity index (χ4v) is 4.86. The molecule has 1 unspecified atom stereocenters. The lowest BCUT2D eigenvalue weighted by molar-refractivity contribution is -0.123. The molecule has 0 saturated carbocycles. The van der Waals surface area contributed by atoms with Crippen LogP contribution in [0.15, 0.2) is 60.0 Å². The minimum Gasteiger partial charge on any atom is -0.497 e. The number of nitrogens with one attached hydrogen (secondary N) is 1. The van der Waals surface area contributed by atoms with Crippen LogP contribution in [0.1, 0.15) is 26.8 Å². The van der Waals surface area contributed by atoms with E-state index in [2.05, 4.69) is 5.32 Å². The van der Waals surface area contributed by atoms with Gasteiger partial charge in [0.15, 0.2) is 0 Å². The van der Waals surface area contributed by atoms with Crippen LogP contribution in [0.2, 0.25) is 0 Å². The van der Waals surface area contributed by atoms with Crippen molar-refractivity contribution in [2.24, 2.45) is 0 Å². The Balaban J connectivity index is 1.35. The van der Waals surface area contributed by atoms with Crippen LogP contribution >= 0.6 is 11.3 Å². The maximum absolute atomic E-state index is 13.4. The molecule has 0 aliphatic carbocycles. The zero-order valence-corrected chi connectivity index (χ0v) is 20.5. The van der Waals surface area contributed by atoms with Crippen LogP contribution in [-0.4, -0.2) is 68.6 Å². The Labute approximate surface area is 208 Å². The van der Waals surface area contributed by atoms with Crippen molar-refractivity contribution in [3.63, 3.8) is 0 Å². The number of rotatable bonds is 8. The van der Waals surface area contributed by atoms with E-state index < -0.39 is 0 Å². The van der Waals surface area contributed by atoms with Crippen LogP contribution in [0.5, 0.6) is 11.5 Å². The molecule has 35 heavy (non-hydrogen) atoms. The molecule has 1 aromatic heterocycles. The summed E-state index contributed by atoms with van der Waals surface area (Å²) in [7, 11) is 3.10. The van der Waals surface area contributed by atoms with Gasteiger partial charge in [0.25, 0.3) is 5.91 Å². The van der Waals surface area contributed by atoms with Crippen molar-refractivity contribution in [3.05, 3.63) is 81.8 Å². The smallest absolute Gasteiger partial charge is 0.254 e. The highest BCUT2D eigenvalue weighted by Crippen LogP contribution is 2.27. The van der Waals surface area contributed by atoms with Gasteiger partial charge in [-0.05, 0) is 41.3 Å². The van der Waals surface area contributed by atoms with E-state index >= 15 is 0 Å². The van der Waals surface area contributed by atoms with Gasteiger partial charge in [-0.2, -0.15) is 0 Å². The van der Waals surface area contributed by atoms with Crippen LogP contribution in [0.4, 0.5) is 4.39 Å². The van der Waals surface area contributed by atoms with E-state index in [1.165, 1.54) is 12.1 Å². The summed E-state index contributed by atoms with van der Waals surface area (Å²) in [6, 6.07) is 14.9. The lowest BCUT2D eigenvalue weighted by Gasteiger charge is -2.34. The third-order valence-electron chi connectivity index (χ3n) is 5.96. The molecule has 1 N–H and O–H groups in total. The minimum absolute atomic E-state index is 0.0969. The Morgan fingerprint density at radius 1 is 1.00 bits per heavy atom. The van der Waals surface area contributed by atoms with Gasteiger partial charge in [0, 0.05) is 42.7 Å². The zero-order valence-electron chi connectivity index (χ0n) is 19.7. The van der Waals surface area contributed by atoms with E-state index in [1.54, 1.807) is 60.8 Å². The van der Waals surface area contributed by atoms with E-state index in [-0.39, 0.29) is 30.2 Å². The number of benzene rings is 2. The summed E-state index contributed by atoms with van der Waals surface area (Å²) in [5.41, 5.74) is 1.33. The molecule has 0 radical (unpaired) electrons. The molecule has 1 aliphatic heterocycles. The first kappa shape index (κ1) is 24.7. The molecule has 7 nitrogen and oxygen atoms in total. The number of carbonyl (C=O) groups excluding carboxylic acids is 2. The summed E-state index contributed by atoms with van der Waals surface area (Å²) >= 11 is 1.54. The Bertz CT molecular complexity index is 1120. The third kappa shape index (κ3) is 6.17. The Kier molecular flexibility index (Phi) is 7.99. The number of hydrogen-bond donors (Lipinski definition) is 1. The molecule has 1 fully saturated rings. The maximum Gasteiger partial charge on any atom is 0.254 e. The molecule has 0 bridgehead atoms. The summed E-state index contributed by atoms with van der Waals surface area (Å²) in [6.07, 6.45) is 0. The van der Waals surface area contributed by atoms with Crippen LogP contribution in [0.25, 0.3) is 0 Å². The molecule has 4 rings (SSSR count). The average Bonchev–Trinajstić information content (AvgIpc) is 3.42. The molecule has 3 aromatic rings. The molecule has 184 valence electrons. The van der Waals surface area contributed by atoms with Crippen molar-refractivity contribution in [2.75, 3.05) is 46.9 Å². The van der Waals surface area contributed by atoms with Gasteiger partial charge in [0.1, 0.15) is 17.3 Å². The maximum atomic E-state index is 13.4. The lowest BCUT2D eigenvalue weighted by atomic mass is 10.1. The normalized spacial score (nSPS) is 14.9. The Morgan fingerprint density at radius 2 is 1.66 bits per heavy atom. The largest absolute Gasteiger partial charge is 0.497 e. The number of ether oxygens (including phenoxy) is 2. The van der Waals surface area contributed by atoms with Gasteiger partial charge in [-0.25, -0.2) is 4.39 Å². The molecule has 2 heterocycles. The molecule has 2 aromatic carbocycles. The molecule has 0 spiro atoms. The van der Waals surface area contributed by atoms with Crippen LogP contribution in [0.3, 0.4) is 0 Å². The summed E-state index contributed by atoms with van der Waals surface area (Å²) in [5, 5.41) is 5.04. The topological polar surface area (TPSA) is 71.1 Å². The number of piperazine rings is 1. The second-order valence-corrected chi connectivity index (χ2v) is 9.22. The molecular weight excluding hydrogens is 469 g/mol. The standard InChI is InChI=1S/C26H28FN3O4S/c1-33-21-14-19(15-22(16-21)34-2)26(32)30-11-9-29(10-12-30)17-24(31)28-25(23-4-3-13-35-23)18-5-7-20(27)8-6-18/h3-8,13-16,25H,9-12,17H2,1-2H3,(H,28,31). The first-order valence-electron chi connectivity index (χ1n) is 11.3. The van der Waals surface area contributed by atoms with Crippen molar-refractivity contribution in [2.45, 2.75) is 6.04 Å². The fraction of sp³-hybridized carbons (Fsp3) is 0.308. The van der Waals surface area contributed by atoms with Crippen LogP contribution < -0.4 is 14.8 Å². The highest BCUT2D eigenvalue weighted by molar-refractivity contribution is 7.10. The first-order chi connectivity index (χ1) is 17.0. The Hall–Kier alpha value is -3.43. The monoisotopic (exact) mass is 497 g/mol. The highest BCUT2D eigenvalue weighted by atomic mass is 32.1. The van der Waals surface area contributed by atoms with Crippen LogP contribution in [-0.2, 0) is 4.79 Å². The summed E-state index contributed by atoms with van der Waals surface area (Å²) in [4.78, 5) is 30.7. The van der Waals surface area contributed by atoms with Crippen molar-refractivity contribution in [1.29, 1.82) is 0 Å². The van der Waals surface area contributed by atoms with E-state index in [0.29, 0.717) is 43.2 Å². The van der Waals surface area contributed by atoms with Crippen molar-refractivity contribution >= 4 is 23.2 Å². The van der Waals surface area contributed by atoms with Crippen molar-refractivity contribution in [1.82, 2.24) is 15.1 Å². The quantitative estimate of drug-likeness (QED) is 0.515. The number of amides is 2. The molecule has 9 heteroatoms. The molecule has 1 saturated heterocycles. The van der Waals surface area contributed by atoms with E-state index in [9.17, 15) is 14.0 Å². The molecule has 2 amide bonds. The number of carbonyl (C=O) groups is 2. The van der Waals surface area contributed by atoms with Gasteiger partial charge < -0.3 is 19.7 Å². The fourth-order valence-electron chi connectivity index (χ4n) is 4.06. The highest BCUT2D eigenvalue weighted by Gasteiger charge is 2.25. The first-order valence-corrected chi connectivity index (χ1v) is 12.2. The van der Waals surface area contributed by atoms with Crippen molar-refractivity contribution in [3.8, 4) is 11.5 Å². The predicted octanol–water partition coefficient (Wildman–Crippen LogP) is 3.57. The summed E-state index contributed by atoms with van der Waals surface area (Å²) < 4.78 is 23.9. The zero-order chi connectivity index (χ0) is 24.8. The van der Waals surface area contributed by atoms with Crippen LogP contribution in [0, 0.1) is 5.82 Å². The van der Waals surface area contributed by atoms with Gasteiger partial charge >= 0.3 is 0 Å². The SMILES string of the molecule is COc1cc(OC)cc(C(=O)N2CCN(CC(=O)NC(c3ccc(F)cc3)c3cccs3)CC2)c1. The van der Waals surface area contributed by atoms with E-state index in [4.69, 9.17) is 9.47 Å². The lowest BCUT2D eigenvalue weighted by Crippen LogP contribution is -2.51. The average molecular weight is 498 g/mol. The number of thiophene rings is 1. The van der Waals surface area contributed by atoms with E-state index in [0.717, 1.165) is 10.4 Å². The Morgan fingerprint density at radius 3 is 2.23 bits per heavy atom. The van der Waals surface area contributed by atoms with Gasteiger partial charge in [-0.3, -0.25) is 14.5 Å². The summed E-state index contributed by atoms with van der Waals surface area (Å²) in [6.45, 7) is 2.41. The number of halogens is 1. The summed E-state index contributed by atoms with van der Waals surface area (Å²) in [5.74, 6) is 0.587. The molecular formula is C26H28FN3O4S. The number of methoxy groups -OCH3 is 2. The number of hydrogen-bond acceptors (Lipinski definition) is 6. The minimum atomic E-state index is -0.339. The van der Waals surface area contributed by atoms with Gasteiger partial charge in [-0.15, -0.1) is 11.3 Å².